The smallest absolute Gasteiger partial charge is 0.322 e. The lowest BCUT2D eigenvalue weighted by atomic mass is 10.0. The van der Waals surface area contributed by atoms with E-state index in [9.17, 15) is 9.36 Å². The van der Waals surface area contributed by atoms with Gasteiger partial charge in [-0.2, -0.15) is 4.67 Å². The third-order valence-corrected chi connectivity index (χ3v) is 3.63. The minimum Gasteiger partial charge on any atom is -0.322 e. The average Bonchev–Trinajstić information content (AvgIpc) is 2.18. The fraction of sp³-hybridized carbons (Fsp3) is 0.286. The topological polar surface area (TPSA) is 83.8 Å². The first-order valence-corrected chi connectivity index (χ1v) is 5.12. The molecule has 0 saturated heterocycles. The Labute approximate surface area is 74.8 Å². The van der Waals surface area contributed by atoms with Gasteiger partial charge in [0.15, 0.2) is 5.16 Å². The number of aldehydes is 1. The molecular formula is C7H9O5P. The van der Waals surface area contributed by atoms with Crippen molar-refractivity contribution in [3.05, 3.63) is 24.3 Å². The highest BCUT2D eigenvalue weighted by Gasteiger charge is 2.47. The molecule has 0 aromatic heterocycles. The molecule has 2 unspecified atom stereocenters. The Balaban J connectivity index is 3.08. The van der Waals surface area contributed by atoms with Crippen molar-refractivity contribution in [1.82, 2.24) is 0 Å². The summed E-state index contributed by atoms with van der Waals surface area (Å²) in [7, 11) is -4.33. The van der Waals surface area contributed by atoms with E-state index < -0.39 is 12.8 Å². The maximum absolute atomic E-state index is 11.3. The van der Waals surface area contributed by atoms with E-state index in [1.54, 1.807) is 12.2 Å². The summed E-state index contributed by atoms with van der Waals surface area (Å²) >= 11 is 0. The first kappa shape index (κ1) is 10.3. The molecule has 0 fully saturated rings. The maximum atomic E-state index is 11.3. The Bertz CT molecular complexity index is 308. The molecule has 0 aromatic rings. The van der Waals surface area contributed by atoms with Crippen LogP contribution in [0.1, 0.15) is 6.42 Å². The van der Waals surface area contributed by atoms with E-state index >= 15 is 0 Å². The molecule has 0 bridgehead atoms. The zero-order valence-corrected chi connectivity index (χ0v) is 7.55. The number of hydrogen-bond donors (Lipinski definition) is 2. The zero-order valence-electron chi connectivity index (χ0n) is 6.66. The van der Waals surface area contributed by atoms with Crippen LogP contribution in [0.2, 0.25) is 0 Å². The van der Waals surface area contributed by atoms with Gasteiger partial charge in [-0.25, -0.2) is 5.26 Å². The summed E-state index contributed by atoms with van der Waals surface area (Å²) in [6.45, 7) is 0. The Morgan fingerprint density at radius 3 is 2.62 bits per heavy atom. The number of hydrogen-bond acceptors (Lipinski definition) is 4. The fourth-order valence-corrected chi connectivity index (χ4v) is 1.96. The third kappa shape index (κ3) is 1.64. The number of carbonyl (C=O) groups is 1. The highest BCUT2D eigenvalue weighted by atomic mass is 31.2. The van der Waals surface area contributed by atoms with E-state index in [1.165, 1.54) is 12.2 Å². The number of allylic oxidation sites excluding steroid dienone is 4. The molecule has 0 radical (unpaired) electrons. The molecule has 6 heteroatoms. The van der Waals surface area contributed by atoms with E-state index in [1.807, 2.05) is 0 Å². The van der Waals surface area contributed by atoms with Gasteiger partial charge >= 0.3 is 7.60 Å². The van der Waals surface area contributed by atoms with Crippen LogP contribution in [0.4, 0.5) is 0 Å². The molecule has 13 heavy (non-hydrogen) atoms. The van der Waals surface area contributed by atoms with Crippen molar-refractivity contribution in [1.29, 1.82) is 0 Å². The minimum atomic E-state index is -4.33. The molecular weight excluding hydrogens is 195 g/mol. The van der Waals surface area contributed by atoms with Gasteiger partial charge in [0, 0.05) is 0 Å². The molecule has 2 atom stereocenters. The molecule has 1 aliphatic rings. The molecule has 0 amide bonds. The van der Waals surface area contributed by atoms with Crippen LogP contribution in [0.5, 0.6) is 0 Å². The zero-order chi connectivity index (χ0) is 9.95. The van der Waals surface area contributed by atoms with Crippen molar-refractivity contribution in [3.63, 3.8) is 0 Å². The van der Waals surface area contributed by atoms with Crippen molar-refractivity contribution in [2.75, 3.05) is 0 Å². The molecule has 1 aliphatic carbocycles. The second-order valence-corrected chi connectivity index (χ2v) is 4.74. The molecule has 0 aromatic carbocycles. The summed E-state index contributed by atoms with van der Waals surface area (Å²) in [5, 5.41) is 6.57. The van der Waals surface area contributed by atoms with E-state index in [2.05, 4.69) is 4.67 Å². The lowest BCUT2D eigenvalue weighted by Crippen LogP contribution is -2.29. The lowest BCUT2D eigenvalue weighted by molar-refractivity contribution is -0.149. The van der Waals surface area contributed by atoms with Crippen LogP contribution in [0, 0.1) is 0 Å². The first-order valence-electron chi connectivity index (χ1n) is 3.55. The summed E-state index contributed by atoms with van der Waals surface area (Å²) in [6.07, 6.45) is 6.25. The molecule has 1 rings (SSSR count). The maximum Gasteiger partial charge on any atom is 0.372 e. The van der Waals surface area contributed by atoms with Gasteiger partial charge in [0.1, 0.15) is 6.29 Å². The highest BCUT2D eigenvalue weighted by Crippen LogP contribution is 2.56. The van der Waals surface area contributed by atoms with Crippen LogP contribution >= 0.6 is 7.60 Å². The Morgan fingerprint density at radius 1 is 1.54 bits per heavy atom. The van der Waals surface area contributed by atoms with Gasteiger partial charge in [0.2, 0.25) is 0 Å². The van der Waals surface area contributed by atoms with Crippen molar-refractivity contribution in [3.8, 4) is 0 Å². The summed E-state index contributed by atoms with van der Waals surface area (Å²) in [6, 6.07) is 0. The van der Waals surface area contributed by atoms with Crippen molar-refractivity contribution in [2.45, 2.75) is 11.6 Å². The fourth-order valence-electron chi connectivity index (χ4n) is 1.07. The standard InChI is InChI=1S/C7H9O5P/c8-6-7(13(10,11)12-9)4-2-1-3-5-7/h1-4,6,9H,5H2,(H,10,11). The average molecular weight is 204 g/mol. The van der Waals surface area contributed by atoms with Crippen LogP contribution in [0.15, 0.2) is 24.3 Å². The van der Waals surface area contributed by atoms with Gasteiger partial charge in [-0.15, -0.1) is 0 Å². The largest absolute Gasteiger partial charge is 0.372 e. The second kappa shape index (κ2) is 3.55. The van der Waals surface area contributed by atoms with Gasteiger partial charge < -0.3 is 9.69 Å². The lowest BCUT2D eigenvalue weighted by Gasteiger charge is -2.26. The van der Waals surface area contributed by atoms with E-state index in [-0.39, 0.29) is 6.42 Å². The molecule has 72 valence electrons. The van der Waals surface area contributed by atoms with Crippen LogP contribution in [0.25, 0.3) is 0 Å². The summed E-state index contributed by atoms with van der Waals surface area (Å²) < 4.78 is 14.7. The molecule has 5 nitrogen and oxygen atoms in total. The Kier molecular flexibility index (Phi) is 2.83. The van der Waals surface area contributed by atoms with Gasteiger partial charge in [0.05, 0.1) is 0 Å². The van der Waals surface area contributed by atoms with E-state index in [0.29, 0.717) is 6.29 Å². The molecule has 0 spiro atoms. The van der Waals surface area contributed by atoms with Gasteiger partial charge in [-0.3, -0.25) is 4.57 Å². The summed E-state index contributed by atoms with van der Waals surface area (Å²) in [5.41, 5.74) is 0. The summed E-state index contributed by atoms with van der Waals surface area (Å²) in [4.78, 5) is 19.8. The van der Waals surface area contributed by atoms with Gasteiger partial charge in [0.25, 0.3) is 0 Å². The Hall–Kier alpha value is -0.740. The predicted molar refractivity (Wildman–Crippen MR) is 45.2 cm³/mol. The monoisotopic (exact) mass is 204 g/mol. The summed E-state index contributed by atoms with van der Waals surface area (Å²) in [5.74, 6) is 0. The first-order chi connectivity index (χ1) is 6.08. The Morgan fingerprint density at radius 2 is 2.23 bits per heavy atom. The quantitative estimate of drug-likeness (QED) is 0.311. The predicted octanol–water partition coefficient (Wildman–Crippen LogP) is 1.12. The highest BCUT2D eigenvalue weighted by molar-refractivity contribution is 7.55. The van der Waals surface area contributed by atoms with E-state index in [4.69, 9.17) is 10.2 Å². The molecule has 0 heterocycles. The number of rotatable bonds is 3. The van der Waals surface area contributed by atoms with Crippen LogP contribution in [-0.4, -0.2) is 21.6 Å². The van der Waals surface area contributed by atoms with Crippen molar-refractivity contribution >= 4 is 13.9 Å². The minimum absolute atomic E-state index is 0.0430. The molecule has 2 N–H and O–H groups in total. The SMILES string of the molecule is O=CC1(P(=O)(O)OO)C=CC=CC1. The van der Waals surface area contributed by atoms with Crippen LogP contribution < -0.4 is 0 Å². The van der Waals surface area contributed by atoms with E-state index in [0.717, 1.165) is 0 Å². The molecule has 0 aliphatic heterocycles. The normalized spacial score (nSPS) is 31.2. The van der Waals surface area contributed by atoms with Gasteiger partial charge in [-0.05, 0) is 6.42 Å². The van der Waals surface area contributed by atoms with Crippen molar-refractivity contribution < 1.29 is 24.2 Å². The number of carbonyl (C=O) groups excluding carboxylic acids is 1. The van der Waals surface area contributed by atoms with Crippen LogP contribution in [-0.2, 0) is 14.0 Å². The second-order valence-electron chi connectivity index (χ2n) is 2.70. The van der Waals surface area contributed by atoms with Gasteiger partial charge in [-0.1, -0.05) is 24.3 Å². The molecule has 0 saturated carbocycles. The van der Waals surface area contributed by atoms with Crippen LogP contribution in [0.3, 0.4) is 0 Å². The van der Waals surface area contributed by atoms with Crippen molar-refractivity contribution in [2.24, 2.45) is 0 Å². The third-order valence-electron chi connectivity index (χ3n) is 1.92.